The van der Waals surface area contributed by atoms with Gasteiger partial charge in [0.05, 0.1) is 5.92 Å². The van der Waals surface area contributed by atoms with E-state index in [1.165, 1.54) is 5.56 Å². The number of allylic oxidation sites excluding steroid dienone is 5. The highest BCUT2D eigenvalue weighted by atomic mass is 16.2. The van der Waals surface area contributed by atoms with Crippen LogP contribution in [-0.4, -0.2) is 29.7 Å². The third-order valence-electron chi connectivity index (χ3n) is 6.97. The lowest BCUT2D eigenvalue weighted by Crippen LogP contribution is -2.45. The molecule has 0 saturated carbocycles. The van der Waals surface area contributed by atoms with Crippen molar-refractivity contribution in [2.45, 2.75) is 61.3 Å². The molecular formula is C29H39NO2. The Balaban J connectivity index is 2.32. The van der Waals surface area contributed by atoms with Crippen LogP contribution in [0.3, 0.4) is 0 Å². The maximum absolute atomic E-state index is 13.8. The third-order valence-corrected chi connectivity index (χ3v) is 6.97. The smallest absolute Gasteiger partial charge is 0.230 e. The quantitative estimate of drug-likeness (QED) is 0.520. The topological polar surface area (TPSA) is 37.4 Å². The fourth-order valence-electron chi connectivity index (χ4n) is 5.13. The second-order valence-corrected chi connectivity index (χ2v) is 11.2. The lowest BCUT2D eigenvalue weighted by Gasteiger charge is -2.44. The van der Waals surface area contributed by atoms with Gasteiger partial charge in [0.2, 0.25) is 5.91 Å². The van der Waals surface area contributed by atoms with Gasteiger partial charge in [-0.1, -0.05) is 96.2 Å². The van der Waals surface area contributed by atoms with Crippen LogP contribution >= 0.6 is 0 Å². The van der Waals surface area contributed by atoms with Crippen LogP contribution in [0.15, 0.2) is 65.8 Å². The van der Waals surface area contributed by atoms with Crippen LogP contribution in [0.2, 0.25) is 0 Å². The lowest BCUT2D eigenvalue weighted by molar-refractivity contribution is -0.135. The van der Waals surface area contributed by atoms with Crippen LogP contribution in [0.5, 0.6) is 0 Å². The molecule has 32 heavy (non-hydrogen) atoms. The number of benzene rings is 1. The van der Waals surface area contributed by atoms with Crippen molar-refractivity contribution in [3.63, 3.8) is 0 Å². The van der Waals surface area contributed by atoms with Crippen LogP contribution in [0.25, 0.3) is 0 Å². The molecule has 2 aliphatic carbocycles. The van der Waals surface area contributed by atoms with Crippen LogP contribution in [0.4, 0.5) is 0 Å². The van der Waals surface area contributed by atoms with Crippen LogP contribution < -0.4 is 0 Å². The molecule has 1 spiro atoms. The summed E-state index contributed by atoms with van der Waals surface area (Å²) < 4.78 is 0. The first-order chi connectivity index (χ1) is 14.9. The van der Waals surface area contributed by atoms with E-state index < -0.39 is 5.41 Å². The van der Waals surface area contributed by atoms with Gasteiger partial charge in [-0.05, 0) is 30.2 Å². The number of nitrogens with zero attached hydrogens (tertiary/aromatic N) is 1. The summed E-state index contributed by atoms with van der Waals surface area (Å²) in [4.78, 5) is 29.4. The SMILES string of the molecule is CCN(CC)C(=O)[C@H]1C=C[C@@H](c2ccccc2)C12C=C(C(C)(C)C)C(=O)C(C(C)(C)C)=C2. The Kier molecular flexibility index (Phi) is 6.43. The number of carbonyl (C=O) groups is 2. The summed E-state index contributed by atoms with van der Waals surface area (Å²) in [5, 5.41) is 0. The van der Waals surface area contributed by atoms with Crippen LogP contribution in [0, 0.1) is 22.2 Å². The molecule has 0 aromatic heterocycles. The van der Waals surface area contributed by atoms with Crippen molar-refractivity contribution in [3.05, 3.63) is 71.3 Å². The molecular weight excluding hydrogens is 394 g/mol. The molecule has 1 amide bonds. The largest absolute Gasteiger partial charge is 0.343 e. The number of hydrogen-bond acceptors (Lipinski definition) is 2. The number of carbonyl (C=O) groups excluding carboxylic acids is 2. The first kappa shape index (κ1) is 24.2. The van der Waals surface area contributed by atoms with Crippen molar-refractivity contribution in [1.29, 1.82) is 0 Å². The zero-order valence-corrected chi connectivity index (χ0v) is 21.0. The monoisotopic (exact) mass is 433 g/mol. The molecule has 0 radical (unpaired) electrons. The van der Waals surface area contributed by atoms with E-state index in [0.717, 1.165) is 11.1 Å². The van der Waals surface area contributed by atoms with Gasteiger partial charge >= 0.3 is 0 Å². The summed E-state index contributed by atoms with van der Waals surface area (Å²) in [5.74, 6) is -0.0946. The molecule has 1 aromatic carbocycles. The number of amides is 1. The van der Waals surface area contributed by atoms with E-state index in [-0.39, 0.29) is 34.4 Å². The van der Waals surface area contributed by atoms with E-state index in [4.69, 9.17) is 0 Å². The number of ketones is 1. The van der Waals surface area contributed by atoms with Crippen molar-refractivity contribution < 1.29 is 9.59 Å². The second-order valence-electron chi connectivity index (χ2n) is 11.2. The summed E-state index contributed by atoms with van der Waals surface area (Å²) in [6.07, 6.45) is 8.56. The number of Topliss-reactive ketones (excluding diaryl/α,β-unsaturated/α-hetero) is 1. The number of rotatable bonds is 4. The van der Waals surface area contributed by atoms with Crippen molar-refractivity contribution >= 4 is 11.7 Å². The average molecular weight is 434 g/mol. The van der Waals surface area contributed by atoms with E-state index in [9.17, 15) is 9.59 Å². The Labute approximate surface area is 194 Å². The van der Waals surface area contributed by atoms with Gasteiger partial charge in [-0.2, -0.15) is 0 Å². The predicted octanol–water partition coefficient (Wildman–Crippen LogP) is 6.34. The van der Waals surface area contributed by atoms with Gasteiger partial charge in [0.1, 0.15) is 0 Å². The van der Waals surface area contributed by atoms with Crippen molar-refractivity contribution in [3.8, 4) is 0 Å². The minimum atomic E-state index is -0.597. The Morgan fingerprint density at radius 3 is 1.81 bits per heavy atom. The molecule has 0 N–H and O–H groups in total. The predicted molar refractivity (Wildman–Crippen MR) is 132 cm³/mol. The molecule has 3 heteroatoms. The lowest BCUT2D eigenvalue weighted by atomic mass is 9.59. The molecule has 0 fully saturated rings. The molecule has 1 aromatic rings. The van der Waals surface area contributed by atoms with Gasteiger partial charge in [-0.3, -0.25) is 9.59 Å². The standard InChI is InChI=1S/C29H39NO2/c1-9-30(10-2)26(32)22-17-16-21(20-14-12-11-13-15-20)29(22)18-23(27(3,4)5)25(31)24(19-29)28(6,7)8/h11-19,21-22H,9-10H2,1-8H3/t21-,22+/m0/s1. The highest BCUT2D eigenvalue weighted by Gasteiger charge is 2.53. The molecule has 172 valence electrons. The average Bonchev–Trinajstić information content (AvgIpc) is 3.07. The number of hydrogen-bond donors (Lipinski definition) is 0. The van der Waals surface area contributed by atoms with E-state index in [1.807, 2.05) is 36.9 Å². The summed E-state index contributed by atoms with van der Waals surface area (Å²) in [6, 6.07) is 10.4. The molecule has 0 heterocycles. The summed E-state index contributed by atoms with van der Waals surface area (Å²) in [6.45, 7) is 18.0. The minimum Gasteiger partial charge on any atom is -0.343 e. The molecule has 0 saturated heterocycles. The van der Waals surface area contributed by atoms with Gasteiger partial charge in [0, 0.05) is 35.6 Å². The Morgan fingerprint density at radius 2 is 1.38 bits per heavy atom. The second kappa shape index (κ2) is 8.50. The molecule has 0 aliphatic heterocycles. The van der Waals surface area contributed by atoms with Gasteiger partial charge in [-0.25, -0.2) is 0 Å². The van der Waals surface area contributed by atoms with Crippen molar-refractivity contribution in [1.82, 2.24) is 4.90 Å². The normalized spacial score (nSPS) is 22.7. The molecule has 0 bridgehead atoms. The van der Waals surface area contributed by atoms with E-state index >= 15 is 0 Å². The maximum Gasteiger partial charge on any atom is 0.230 e. The minimum absolute atomic E-state index is 0.00369. The first-order valence-electron chi connectivity index (χ1n) is 11.9. The fourth-order valence-corrected chi connectivity index (χ4v) is 5.13. The summed E-state index contributed by atoms with van der Waals surface area (Å²) in [7, 11) is 0. The molecule has 3 rings (SSSR count). The van der Waals surface area contributed by atoms with Crippen molar-refractivity contribution in [2.75, 3.05) is 13.1 Å². The van der Waals surface area contributed by atoms with Crippen molar-refractivity contribution in [2.24, 2.45) is 22.2 Å². The highest BCUT2D eigenvalue weighted by Crippen LogP contribution is 2.57. The third kappa shape index (κ3) is 4.14. The molecule has 2 atom stereocenters. The van der Waals surface area contributed by atoms with Crippen LogP contribution in [0.1, 0.15) is 66.9 Å². The van der Waals surface area contributed by atoms with Gasteiger partial charge in [-0.15, -0.1) is 0 Å². The zero-order valence-electron chi connectivity index (χ0n) is 21.0. The van der Waals surface area contributed by atoms with E-state index in [2.05, 4.69) is 78.0 Å². The summed E-state index contributed by atoms with van der Waals surface area (Å²) in [5.41, 5.74) is 1.56. The molecule has 2 aliphatic rings. The molecule has 0 unspecified atom stereocenters. The van der Waals surface area contributed by atoms with E-state index in [1.54, 1.807) is 0 Å². The first-order valence-corrected chi connectivity index (χ1v) is 11.9. The van der Waals surface area contributed by atoms with Gasteiger partial charge in [0.15, 0.2) is 5.78 Å². The van der Waals surface area contributed by atoms with Crippen LogP contribution in [-0.2, 0) is 9.59 Å². The highest BCUT2D eigenvalue weighted by molar-refractivity contribution is 6.11. The maximum atomic E-state index is 13.8. The Morgan fingerprint density at radius 1 is 0.875 bits per heavy atom. The molecule has 3 nitrogen and oxygen atoms in total. The Hall–Kier alpha value is -2.42. The Bertz CT molecular complexity index is 929. The van der Waals surface area contributed by atoms with Gasteiger partial charge < -0.3 is 4.90 Å². The summed E-state index contributed by atoms with van der Waals surface area (Å²) >= 11 is 0. The zero-order chi connectivity index (χ0) is 23.9. The fraction of sp³-hybridized carbons (Fsp3) is 0.517. The van der Waals surface area contributed by atoms with E-state index in [0.29, 0.717) is 13.1 Å². The van der Waals surface area contributed by atoms with Gasteiger partial charge in [0.25, 0.3) is 0 Å².